The highest BCUT2D eigenvalue weighted by molar-refractivity contribution is 5.92. The number of carbonyl (C=O) groups excluding carboxylic acids is 3. The summed E-state index contributed by atoms with van der Waals surface area (Å²) in [6.45, 7) is 3.93. The van der Waals surface area contributed by atoms with Crippen LogP contribution in [0.2, 0.25) is 0 Å². The highest BCUT2D eigenvalue weighted by Gasteiger charge is 2.60. The Kier molecular flexibility index (Phi) is 8.39. The maximum Gasteiger partial charge on any atom is 0.416 e. The van der Waals surface area contributed by atoms with Gasteiger partial charge >= 0.3 is 18.1 Å². The Morgan fingerprint density at radius 2 is 1.80 bits per heavy atom. The van der Waals surface area contributed by atoms with Crippen molar-refractivity contribution in [2.45, 2.75) is 62.8 Å². The van der Waals surface area contributed by atoms with E-state index >= 15 is 0 Å². The monoisotopic (exact) mass is 558 g/mol. The van der Waals surface area contributed by atoms with Crippen LogP contribution in [-0.4, -0.2) is 54.5 Å². The molecule has 2 aromatic rings. The predicted molar refractivity (Wildman–Crippen MR) is 142 cm³/mol. The minimum absolute atomic E-state index is 0.261. The highest BCUT2D eigenvalue weighted by atomic mass is 19.4. The summed E-state index contributed by atoms with van der Waals surface area (Å²) in [4.78, 5) is 39.0. The van der Waals surface area contributed by atoms with Gasteiger partial charge in [-0.25, -0.2) is 0 Å². The Bertz CT molecular complexity index is 1310. The van der Waals surface area contributed by atoms with Crippen LogP contribution in [0.1, 0.15) is 56.2 Å². The van der Waals surface area contributed by atoms with Crippen molar-refractivity contribution in [1.82, 2.24) is 10.2 Å². The number of halogens is 3. The maximum atomic E-state index is 13.0. The number of hydrogen-bond acceptors (Lipinski definition) is 6. The van der Waals surface area contributed by atoms with Gasteiger partial charge in [-0.2, -0.15) is 13.2 Å². The van der Waals surface area contributed by atoms with E-state index in [1.807, 2.05) is 13.1 Å². The second-order valence-corrected chi connectivity index (χ2v) is 10.7. The summed E-state index contributed by atoms with van der Waals surface area (Å²) in [5.41, 5.74) is -1.22. The average Bonchev–Trinajstić information content (AvgIpc) is 2.87. The van der Waals surface area contributed by atoms with E-state index in [4.69, 9.17) is 9.47 Å². The van der Waals surface area contributed by atoms with E-state index in [9.17, 15) is 27.6 Å². The van der Waals surface area contributed by atoms with Crippen LogP contribution in [0.4, 0.5) is 13.2 Å². The number of likely N-dealkylation sites (tertiary alicyclic amines) is 1. The fourth-order valence-electron chi connectivity index (χ4n) is 6.18. The molecule has 1 saturated heterocycles. The van der Waals surface area contributed by atoms with Crippen LogP contribution < -0.4 is 10.1 Å². The molecule has 2 aromatic carbocycles. The first-order valence-corrected chi connectivity index (χ1v) is 13.1. The van der Waals surface area contributed by atoms with Gasteiger partial charge in [0.1, 0.15) is 11.4 Å². The fraction of sp³-hybridized carbons (Fsp3) is 0.433. The number of rotatable bonds is 6. The summed E-state index contributed by atoms with van der Waals surface area (Å²) in [6.07, 6.45) is 0.217. The molecule has 1 amide bonds. The molecule has 0 spiro atoms. The SMILES string of the molecule is CC(=O)Oc1cccc(C23CCN(C)CC2(OC(C)=O)CCC(NC(=O)C=Cc2cccc(C(F)(F)F)c2)C3)c1. The first-order chi connectivity index (χ1) is 18.8. The average molecular weight is 559 g/mol. The first kappa shape index (κ1) is 29.3. The third-order valence-corrected chi connectivity index (χ3v) is 7.78. The molecule has 4 rings (SSSR count). The van der Waals surface area contributed by atoms with Crippen molar-refractivity contribution in [3.05, 3.63) is 71.3 Å². The number of nitrogens with one attached hydrogen (secondary N) is 1. The van der Waals surface area contributed by atoms with Gasteiger partial charge in [-0.15, -0.1) is 0 Å². The van der Waals surface area contributed by atoms with Gasteiger partial charge in [0.25, 0.3) is 0 Å². The zero-order valence-electron chi connectivity index (χ0n) is 22.7. The van der Waals surface area contributed by atoms with Gasteiger partial charge < -0.3 is 19.7 Å². The molecule has 214 valence electrons. The minimum Gasteiger partial charge on any atom is -0.457 e. The molecular weight excluding hydrogens is 525 g/mol. The molecule has 10 heteroatoms. The number of piperidine rings is 1. The van der Waals surface area contributed by atoms with Crippen LogP contribution in [0, 0.1) is 0 Å². The standard InChI is InChI=1S/C30H33F3N2O5/c1-20(36)39-26-9-5-7-23(17-26)28-14-15-35(3)19-29(28,40-21(2)37)13-12-25(18-28)34-27(38)11-10-22-6-4-8-24(16-22)30(31,32)33/h4-11,16-17,25H,12-15,18-19H2,1-3H3,(H,34,38). The van der Waals surface area contributed by atoms with Crippen molar-refractivity contribution in [2.24, 2.45) is 0 Å². The molecule has 1 N–H and O–H groups in total. The summed E-state index contributed by atoms with van der Waals surface area (Å²) < 4.78 is 50.6. The molecule has 2 aliphatic rings. The van der Waals surface area contributed by atoms with Crippen LogP contribution in [0.5, 0.6) is 5.75 Å². The number of amides is 1. The molecule has 1 aliphatic heterocycles. The molecule has 1 saturated carbocycles. The molecule has 3 unspecified atom stereocenters. The minimum atomic E-state index is -4.47. The number of likely N-dealkylation sites (N-methyl/N-ethyl adjacent to an activating group) is 1. The van der Waals surface area contributed by atoms with Gasteiger partial charge in [-0.3, -0.25) is 14.4 Å². The number of fused-ring (bicyclic) bond motifs is 1. The Morgan fingerprint density at radius 3 is 2.50 bits per heavy atom. The zero-order valence-corrected chi connectivity index (χ0v) is 22.7. The lowest BCUT2D eigenvalue weighted by atomic mass is 9.55. The number of ether oxygens (including phenoxy) is 2. The first-order valence-electron chi connectivity index (χ1n) is 13.1. The van der Waals surface area contributed by atoms with Crippen molar-refractivity contribution in [3.8, 4) is 5.75 Å². The topological polar surface area (TPSA) is 84.9 Å². The van der Waals surface area contributed by atoms with E-state index in [1.54, 1.807) is 18.2 Å². The number of carbonyl (C=O) groups is 3. The number of esters is 2. The van der Waals surface area contributed by atoms with Crippen LogP contribution in [0.3, 0.4) is 0 Å². The Morgan fingerprint density at radius 1 is 1.05 bits per heavy atom. The van der Waals surface area contributed by atoms with Crippen LogP contribution in [0.25, 0.3) is 6.08 Å². The lowest BCUT2D eigenvalue weighted by molar-refractivity contribution is -0.185. The largest absolute Gasteiger partial charge is 0.457 e. The second-order valence-electron chi connectivity index (χ2n) is 10.7. The summed E-state index contributed by atoms with van der Waals surface area (Å²) in [7, 11) is 1.97. The number of hydrogen-bond donors (Lipinski definition) is 1. The maximum absolute atomic E-state index is 13.0. The van der Waals surface area contributed by atoms with Crippen molar-refractivity contribution < 1.29 is 37.0 Å². The molecule has 1 heterocycles. The molecule has 7 nitrogen and oxygen atoms in total. The third-order valence-electron chi connectivity index (χ3n) is 7.78. The number of benzene rings is 2. The quantitative estimate of drug-likeness (QED) is 0.309. The Labute approximate surface area is 231 Å². The molecule has 0 bridgehead atoms. The lowest BCUT2D eigenvalue weighted by Gasteiger charge is -2.59. The van der Waals surface area contributed by atoms with E-state index in [0.29, 0.717) is 38.0 Å². The van der Waals surface area contributed by atoms with Crippen LogP contribution in [-0.2, 0) is 30.7 Å². The van der Waals surface area contributed by atoms with Crippen LogP contribution >= 0.6 is 0 Å². The summed E-state index contributed by atoms with van der Waals surface area (Å²) in [5, 5.41) is 3.00. The van der Waals surface area contributed by atoms with Gasteiger partial charge in [-0.05, 0) is 80.7 Å². The van der Waals surface area contributed by atoms with Crippen molar-refractivity contribution in [1.29, 1.82) is 0 Å². The van der Waals surface area contributed by atoms with E-state index in [0.717, 1.165) is 24.2 Å². The van der Waals surface area contributed by atoms with Crippen LogP contribution in [0.15, 0.2) is 54.6 Å². The van der Waals surface area contributed by atoms with Gasteiger partial charge in [0, 0.05) is 37.9 Å². The summed E-state index contributed by atoms with van der Waals surface area (Å²) in [6, 6.07) is 11.7. The smallest absolute Gasteiger partial charge is 0.416 e. The summed E-state index contributed by atoms with van der Waals surface area (Å²) >= 11 is 0. The molecule has 0 radical (unpaired) electrons. The number of alkyl halides is 3. The van der Waals surface area contributed by atoms with E-state index in [-0.39, 0.29) is 11.6 Å². The second kappa shape index (κ2) is 11.4. The predicted octanol–water partition coefficient (Wildman–Crippen LogP) is 4.89. The van der Waals surface area contributed by atoms with Crippen molar-refractivity contribution >= 4 is 23.9 Å². The number of nitrogens with zero attached hydrogens (tertiary/aromatic N) is 1. The molecule has 2 fully saturated rings. The molecular formula is C30H33F3N2O5. The van der Waals surface area contributed by atoms with E-state index in [2.05, 4.69) is 10.2 Å². The lowest BCUT2D eigenvalue weighted by Crippen LogP contribution is -2.68. The van der Waals surface area contributed by atoms with Gasteiger partial charge in [-0.1, -0.05) is 24.3 Å². The van der Waals surface area contributed by atoms with E-state index in [1.165, 1.54) is 38.1 Å². The molecule has 3 atom stereocenters. The normalized spacial score (nSPS) is 25.2. The molecule has 0 aromatic heterocycles. The summed E-state index contributed by atoms with van der Waals surface area (Å²) in [5.74, 6) is -0.905. The van der Waals surface area contributed by atoms with Gasteiger partial charge in [0.2, 0.25) is 5.91 Å². The third kappa shape index (κ3) is 6.38. The van der Waals surface area contributed by atoms with Gasteiger partial charge in [0.15, 0.2) is 0 Å². The molecule has 1 aliphatic carbocycles. The van der Waals surface area contributed by atoms with Crippen molar-refractivity contribution in [3.63, 3.8) is 0 Å². The zero-order chi connectivity index (χ0) is 29.1. The van der Waals surface area contributed by atoms with E-state index < -0.39 is 40.6 Å². The van der Waals surface area contributed by atoms with Gasteiger partial charge in [0.05, 0.1) is 5.56 Å². The highest BCUT2D eigenvalue weighted by Crippen LogP contribution is 2.54. The Hall–Kier alpha value is -3.66. The molecule has 40 heavy (non-hydrogen) atoms. The fourth-order valence-corrected chi connectivity index (χ4v) is 6.18. The Balaban J connectivity index is 1.62. The van der Waals surface area contributed by atoms with Crippen molar-refractivity contribution in [2.75, 3.05) is 20.1 Å².